The van der Waals surface area contributed by atoms with Gasteiger partial charge in [0.05, 0.1) is 37.9 Å². The summed E-state index contributed by atoms with van der Waals surface area (Å²) in [6.07, 6.45) is 1.65. The second kappa shape index (κ2) is 14.2. The van der Waals surface area contributed by atoms with E-state index in [1.54, 1.807) is 51.4 Å². The van der Waals surface area contributed by atoms with Crippen molar-refractivity contribution in [2.24, 2.45) is 0 Å². The lowest BCUT2D eigenvalue weighted by molar-refractivity contribution is -0.146. The number of hydrogen-bond acceptors (Lipinski definition) is 11. The SMILES string of the molecule is CCOC(=O)CC[C@H](NC(=O)c1ccc(C(C)c2nc(N)nc3ncc(-c4ccc(OC)cc4)nc23)cc1)C(=O)OCC. The molecule has 0 aliphatic heterocycles. The van der Waals surface area contributed by atoms with Crippen molar-refractivity contribution in [1.29, 1.82) is 0 Å². The number of esters is 2. The number of carbonyl (C=O) groups excluding carboxylic acids is 3. The molecule has 0 spiro atoms. The Hall–Kier alpha value is -5.13. The first-order valence-electron chi connectivity index (χ1n) is 13.9. The van der Waals surface area contributed by atoms with Crippen LogP contribution in [0, 0.1) is 0 Å². The van der Waals surface area contributed by atoms with Gasteiger partial charge in [-0.3, -0.25) is 9.59 Å². The van der Waals surface area contributed by atoms with Gasteiger partial charge in [-0.2, -0.15) is 4.98 Å². The van der Waals surface area contributed by atoms with E-state index in [0.29, 0.717) is 28.1 Å². The van der Waals surface area contributed by atoms with Crippen molar-refractivity contribution in [3.63, 3.8) is 0 Å². The van der Waals surface area contributed by atoms with Gasteiger partial charge in [0.15, 0.2) is 5.65 Å². The number of methoxy groups -OCH3 is 1. The highest BCUT2D eigenvalue weighted by atomic mass is 16.5. The van der Waals surface area contributed by atoms with Crippen LogP contribution in [0.25, 0.3) is 22.4 Å². The summed E-state index contributed by atoms with van der Waals surface area (Å²) in [4.78, 5) is 55.3. The van der Waals surface area contributed by atoms with Crippen LogP contribution < -0.4 is 15.8 Å². The maximum absolute atomic E-state index is 13.0. The number of anilines is 1. The second-order valence-corrected chi connectivity index (χ2v) is 9.59. The molecule has 1 unspecified atom stereocenters. The third-order valence-electron chi connectivity index (χ3n) is 6.74. The van der Waals surface area contributed by atoms with Crippen LogP contribution in [-0.2, 0) is 19.1 Å². The summed E-state index contributed by atoms with van der Waals surface area (Å²) < 4.78 is 15.3. The number of nitrogen functional groups attached to an aromatic ring is 1. The number of carbonyl (C=O) groups is 3. The Bertz CT molecular complexity index is 1590. The molecule has 0 bridgehead atoms. The minimum atomic E-state index is -0.996. The standard InChI is InChI=1S/C31H34N6O6/c1-5-42-25(38)16-15-23(30(40)43-6-2)35-29(39)21-9-7-19(8-10-21)18(3)26-27-28(37-31(32)36-26)33-17-24(34-27)20-11-13-22(41-4)14-12-20/h7-14,17-18,23H,5-6,15-16H2,1-4H3,(H,35,39)(H2,32,33,36,37)/t18?,23-/m0/s1. The van der Waals surface area contributed by atoms with Crippen LogP contribution in [-0.4, -0.2) is 64.1 Å². The Morgan fingerprint density at radius 1 is 0.930 bits per heavy atom. The molecule has 2 aromatic carbocycles. The molecule has 0 radical (unpaired) electrons. The molecule has 12 heteroatoms. The maximum Gasteiger partial charge on any atom is 0.328 e. The van der Waals surface area contributed by atoms with E-state index in [1.807, 2.05) is 31.2 Å². The van der Waals surface area contributed by atoms with Crippen LogP contribution in [0.4, 0.5) is 5.95 Å². The molecule has 224 valence electrons. The number of nitrogens with zero attached hydrogens (tertiary/aromatic N) is 4. The molecule has 3 N–H and O–H groups in total. The van der Waals surface area contributed by atoms with Gasteiger partial charge in [0.2, 0.25) is 5.95 Å². The van der Waals surface area contributed by atoms with E-state index in [2.05, 4.69) is 20.3 Å². The number of rotatable bonds is 12. The molecule has 2 aromatic heterocycles. The monoisotopic (exact) mass is 586 g/mol. The summed E-state index contributed by atoms with van der Waals surface area (Å²) in [5.41, 5.74) is 10.1. The minimum absolute atomic E-state index is 0.0346. The van der Waals surface area contributed by atoms with E-state index < -0.39 is 23.9 Å². The minimum Gasteiger partial charge on any atom is -0.497 e. The molecule has 43 heavy (non-hydrogen) atoms. The highest BCUT2D eigenvalue weighted by Gasteiger charge is 2.24. The Morgan fingerprint density at radius 3 is 2.28 bits per heavy atom. The van der Waals surface area contributed by atoms with E-state index >= 15 is 0 Å². The normalized spacial score (nSPS) is 12.3. The number of benzene rings is 2. The first-order valence-corrected chi connectivity index (χ1v) is 13.9. The van der Waals surface area contributed by atoms with E-state index in [0.717, 1.165) is 16.9 Å². The summed E-state index contributed by atoms with van der Waals surface area (Å²) in [6, 6.07) is 13.4. The van der Waals surface area contributed by atoms with Crippen LogP contribution >= 0.6 is 0 Å². The summed E-state index contributed by atoms with van der Waals surface area (Å²) >= 11 is 0. The zero-order chi connectivity index (χ0) is 30.9. The topological polar surface area (TPSA) is 169 Å². The van der Waals surface area contributed by atoms with Gasteiger partial charge >= 0.3 is 11.9 Å². The lowest BCUT2D eigenvalue weighted by atomic mass is 9.95. The second-order valence-electron chi connectivity index (χ2n) is 9.59. The highest BCUT2D eigenvalue weighted by Crippen LogP contribution is 2.29. The summed E-state index contributed by atoms with van der Waals surface area (Å²) in [5, 5.41) is 2.67. The molecule has 2 atom stereocenters. The van der Waals surface area contributed by atoms with Crippen LogP contribution in [0.15, 0.2) is 54.7 Å². The third kappa shape index (κ3) is 7.59. The van der Waals surface area contributed by atoms with Gasteiger partial charge in [-0.15, -0.1) is 0 Å². The van der Waals surface area contributed by atoms with Crippen molar-refractivity contribution in [1.82, 2.24) is 25.3 Å². The predicted octanol–water partition coefficient (Wildman–Crippen LogP) is 3.83. The first kappa shape index (κ1) is 30.8. The van der Waals surface area contributed by atoms with Gasteiger partial charge < -0.3 is 25.3 Å². The Kier molecular flexibility index (Phi) is 10.2. The van der Waals surface area contributed by atoms with Crippen molar-refractivity contribution in [2.45, 2.75) is 45.6 Å². The van der Waals surface area contributed by atoms with E-state index in [4.69, 9.17) is 24.9 Å². The number of fused-ring (bicyclic) bond motifs is 1. The molecular formula is C31H34N6O6. The number of nitrogens with two attached hydrogens (primary N) is 1. The molecule has 1 amide bonds. The molecule has 4 rings (SSSR count). The van der Waals surface area contributed by atoms with Crippen LogP contribution in [0.1, 0.15) is 61.1 Å². The number of nitrogens with one attached hydrogen (secondary N) is 1. The molecule has 0 fully saturated rings. The quantitative estimate of drug-likeness (QED) is 0.231. The molecule has 0 saturated heterocycles. The number of hydrogen-bond donors (Lipinski definition) is 2. The lowest BCUT2D eigenvalue weighted by Crippen LogP contribution is -2.42. The largest absolute Gasteiger partial charge is 0.497 e. The fraction of sp³-hybridized carbons (Fsp3) is 0.323. The Labute approximate surface area is 249 Å². The van der Waals surface area contributed by atoms with Crippen LogP contribution in [0.2, 0.25) is 0 Å². The van der Waals surface area contributed by atoms with Gasteiger partial charge in [0.25, 0.3) is 5.91 Å². The van der Waals surface area contributed by atoms with Crippen molar-refractivity contribution in [2.75, 3.05) is 26.1 Å². The summed E-state index contributed by atoms with van der Waals surface area (Å²) in [7, 11) is 1.61. The smallest absolute Gasteiger partial charge is 0.328 e. The molecule has 4 aromatic rings. The number of ether oxygens (including phenoxy) is 3. The van der Waals surface area contributed by atoms with Gasteiger partial charge in [-0.05, 0) is 62.2 Å². The lowest BCUT2D eigenvalue weighted by Gasteiger charge is -2.18. The van der Waals surface area contributed by atoms with E-state index in [-0.39, 0.29) is 37.9 Å². The average Bonchev–Trinajstić information content (AvgIpc) is 3.02. The van der Waals surface area contributed by atoms with E-state index in [9.17, 15) is 14.4 Å². The Balaban J connectivity index is 1.56. The molecule has 0 saturated carbocycles. The highest BCUT2D eigenvalue weighted by molar-refractivity contribution is 5.97. The van der Waals surface area contributed by atoms with Gasteiger partial charge in [-0.1, -0.05) is 19.1 Å². The summed E-state index contributed by atoms with van der Waals surface area (Å²) in [5.74, 6) is -1.02. The molecule has 0 aliphatic carbocycles. The summed E-state index contributed by atoms with van der Waals surface area (Å²) in [6.45, 7) is 5.69. The van der Waals surface area contributed by atoms with Gasteiger partial charge in [0, 0.05) is 23.5 Å². The number of amides is 1. The molecule has 2 heterocycles. The molecule has 12 nitrogen and oxygen atoms in total. The fourth-order valence-corrected chi connectivity index (χ4v) is 4.46. The Morgan fingerprint density at radius 2 is 1.63 bits per heavy atom. The van der Waals surface area contributed by atoms with Crippen molar-refractivity contribution in [3.05, 3.63) is 71.5 Å². The zero-order valence-electron chi connectivity index (χ0n) is 24.5. The van der Waals surface area contributed by atoms with Crippen LogP contribution in [0.5, 0.6) is 5.75 Å². The van der Waals surface area contributed by atoms with Crippen molar-refractivity contribution >= 4 is 35.0 Å². The molecule has 0 aliphatic rings. The van der Waals surface area contributed by atoms with Crippen LogP contribution in [0.3, 0.4) is 0 Å². The third-order valence-corrected chi connectivity index (χ3v) is 6.74. The predicted molar refractivity (Wildman–Crippen MR) is 159 cm³/mol. The fourth-order valence-electron chi connectivity index (χ4n) is 4.46. The van der Waals surface area contributed by atoms with Gasteiger partial charge in [-0.25, -0.2) is 19.7 Å². The maximum atomic E-state index is 13.0. The molecular weight excluding hydrogens is 552 g/mol. The average molecular weight is 587 g/mol. The van der Waals surface area contributed by atoms with Crippen molar-refractivity contribution < 1.29 is 28.6 Å². The number of aromatic nitrogens is 4. The van der Waals surface area contributed by atoms with Gasteiger partial charge in [0.1, 0.15) is 17.3 Å². The first-order chi connectivity index (χ1) is 20.7. The zero-order valence-corrected chi connectivity index (χ0v) is 24.5. The van der Waals surface area contributed by atoms with E-state index in [1.165, 1.54) is 0 Å². The van der Waals surface area contributed by atoms with Crippen molar-refractivity contribution in [3.8, 4) is 17.0 Å².